The third-order valence-corrected chi connectivity index (χ3v) is 13.7. The molecule has 70 heavy (non-hydrogen) atoms. The standard InChI is InChI=1S/C44H39N7O15S4/c1-24-15-35(48-51-43-41(70(63,64)65)20-27-17-30(10-11-33(27)44(43)53)45-29-8-5-4-6-9-29)25(2)14-34(24)46-49-37-16-26(3)36(23-40(37)66-12-7-13-67(54,55)56)47-50-38-21-31(68(57,58)59)18-28-19-32(69(60,61)62)22-39(52)42(28)38/h4-6,8-11,14-23,45,52-53H,7,12-13H2,1-3H3,(H,54,55,56)(H,57,58,59)(H,60,61,62)(H,63,64,65). The molecule has 7 aromatic carbocycles. The number of nitrogens with zero attached hydrogens (tertiary/aromatic N) is 6. The molecule has 364 valence electrons. The lowest BCUT2D eigenvalue weighted by molar-refractivity contribution is 0.317. The summed E-state index contributed by atoms with van der Waals surface area (Å²) in [6.45, 7) is 4.63. The highest BCUT2D eigenvalue weighted by atomic mass is 32.2. The van der Waals surface area contributed by atoms with Crippen molar-refractivity contribution >= 4 is 108 Å². The van der Waals surface area contributed by atoms with Crippen molar-refractivity contribution < 1.29 is 66.8 Å². The van der Waals surface area contributed by atoms with Crippen LogP contribution in [0.1, 0.15) is 23.1 Å². The van der Waals surface area contributed by atoms with Gasteiger partial charge >= 0.3 is 0 Å². The van der Waals surface area contributed by atoms with E-state index >= 15 is 0 Å². The summed E-state index contributed by atoms with van der Waals surface area (Å²) in [5, 5.41) is 50.5. The van der Waals surface area contributed by atoms with Crippen LogP contribution in [-0.2, 0) is 40.5 Å². The van der Waals surface area contributed by atoms with Crippen LogP contribution in [0.25, 0.3) is 21.5 Å². The number of nitrogens with one attached hydrogen (secondary N) is 1. The Labute approximate surface area is 399 Å². The number of fused-ring (bicyclic) bond motifs is 2. The molecule has 0 fully saturated rings. The molecule has 7 N–H and O–H groups in total. The zero-order valence-electron chi connectivity index (χ0n) is 36.6. The summed E-state index contributed by atoms with van der Waals surface area (Å²) in [5.41, 5.74) is 2.50. The molecule has 0 aromatic heterocycles. The molecular formula is C44H39N7O15S4. The van der Waals surface area contributed by atoms with E-state index in [4.69, 9.17) is 4.74 Å². The van der Waals surface area contributed by atoms with Crippen molar-refractivity contribution in [3.63, 3.8) is 0 Å². The Bertz CT molecular complexity index is 3810. The molecule has 7 aromatic rings. The summed E-state index contributed by atoms with van der Waals surface area (Å²) in [7, 11) is -19.1. The van der Waals surface area contributed by atoms with Crippen molar-refractivity contribution in [2.75, 3.05) is 17.7 Å². The Kier molecular flexibility index (Phi) is 14.2. The van der Waals surface area contributed by atoms with Gasteiger partial charge in [-0.05, 0) is 127 Å². The maximum absolute atomic E-state index is 12.6. The van der Waals surface area contributed by atoms with Crippen LogP contribution in [-0.4, -0.2) is 74.5 Å². The second-order valence-electron chi connectivity index (χ2n) is 15.5. The second-order valence-corrected chi connectivity index (χ2v) is 21.3. The van der Waals surface area contributed by atoms with E-state index in [0.717, 1.165) is 23.9 Å². The quantitative estimate of drug-likeness (QED) is 0.0269. The third-order valence-electron chi connectivity index (χ3n) is 10.3. The Hall–Kier alpha value is -7.30. The average molecular weight is 1030 g/mol. The summed E-state index contributed by atoms with van der Waals surface area (Å²) in [6.07, 6.45) is -0.163. The number of phenols is 2. The molecule has 7 rings (SSSR count). The Morgan fingerprint density at radius 1 is 0.529 bits per heavy atom. The smallest absolute Gasteiger partial charge is 0.296 e. The topological polar surface area (TPSA) is 353 Å². The average Bonchev–Trinajstić information content (AvgIpc) is 3.26. The van der Waals surface area contributed by atoms with Crippen molar-refractivity contribution in [3.8, 4) is 17.2 Å². The summed E-state index contributed by atoms with van der Waals surface area (Å²) >= 11 is 0. The van der Waals surface area contributed by atoms with E-state index in [-0.39, 0.29) is 63.1 Å². The monoisotopic (exact) mass is 1030 g/mol. The number of para-hydroxylation sites is 1. The molecule has 22 nitrogen and oxygen atoms in total. The van der Waals surface area contributed by atoms with Crippen LogP contribution in [0, 0.1) is 20.8 Å². The molecule has 0 saturated heterocycles. The number of aryl methyl sites for hydroxylation is 3. The van der Waals surface area contributed by atoms with Gasteiger partial charge in [-0.1, -0.05) is 18.2 Å². The van der Waals surface area contributed by atoms with Crippen molar-refractivity contribution in [2.24, 2.45) is 30.7 Å². The predicted molar refractivity (Wildman–Crippen MR) is 257 cm³/mol. The molecule has 0 unspecified atom stereocenters. The van der Waals surface area contributed by atoms with Gasteiger partial charge in [-0.15, -0.1) is 15.3 Å². The number of phenolic OH excluding ortho intramolecular Hbond substituents is 2. The number of hydrogen-bond acceptors (Lipinski definition) is 18. The first-order chi connectivity index (χ1) is 32.7. The molecule has 0 amide bonds. The summed E-state index contributed by atoms with van der Waals surface area (Å²) in [5.74, 6) is -1.95. The molecule has 26 heteroatoms. The van der Waals surface area contributed by atoms with Crippen LogP contribution in [0.2, 0.25) is 0 Å². The number of benzene rings is 7. The van der Waals surface area contributed by atoms with Crippen LogP contribution in [0.3, 0.4) is 0 Å². The molecule has 0 atom stereocenters. The summed E-state index contributed by atoms with van der Waals surface area (Å²) < 4.78 is 141. The lowest BCUT2D eigenvalue weighted by Crippen LogP contribution is -2.08. The van der Waals surface area contributed by atoms with E-state index in [1.807, 2.05) is 30.3 Å². The highest BCUT2D eigenvalue weighted by Gasteiger charge is 2.24. The van der Waals surface area contributed by atoms with Gasteiger partial charge in [0.2, 0.25) is 0 Å². The van der Waals surface area contributed by atoms with E-state index in [0.29, 0.717) is 34.1 Å². The molecule has 0 bridgehead atoms. The fourth-order valence-electron chi connectivity index (χ4n) is 6.91. The van der Waals surface area contributed by atoms with Gasteiger partial charge in [-0.3, -0.25) is 18.2 Å². The third kappa shape index (κ3) is 11.9. The number of aromatic hydroxyl groups is 2. The lowest BCUT2D eigenvalue weighted by Gasteiger charge is -2.12. The summed E-state index contributed by atoms with van der Waals surface area (Å²) in [6, 6.07) is 24.4. The molecule has 0 heterocycles. The predicted octanol–water partition coefficient (Wildman–Crippen LogP) is 10.7. The minimum absolute atomic E-state index is 0.0240. The molecule has 0 radical (unpaired) electrons. The zero-order valence-corrected chi connectivity index (χ0v) is 39.9. The van der Waals surface area contributed by atoms with Gasteiger partial charge in [-0.25, -0.2) is 0 Å². The van der Waals surface area contributed by atoms with Gasteiger partial charge in [0.25, 0.3) is 40.5 Å². The fraction of sp³-hybridized carbons (Fsp3) is 0.136. The van der Waals surface area contributed by atoms with Crippen molar-refractivity contribution in [1.82, 2.24) is 0 Å². The minimum Gasteiger partial charge on any atom is -0.507 e. The molecular weight excluding hydrogens is 995 g/mol. The van der Waals surface area contributed by atoms with Crippen molar-refractivity contribution in [1.29, 1.82) is 0 Å². The van der Waals surface area contributed by atoms with E-state index in [1.54, 1.807) is 51.1 Å². The van der Waals surface area contributed by atoms with Gasteiger partial charge in [0.05, 0.1) is 50.3 Å². The Morgan fingerprint density at radius 2 is 1.07 bits per heavy atom. The van der Waals surface area contributed by atoms with E-state index in [1.165, 1.54) is 18.2 Å². The first-order valence-electron chi connectivity index (χ1n) is 20.2. The van der Waals surface area contributed by atoms with Gasteiger partial charge in [-0.2, -0.15) is 49.0 Å². The van der Waals surface area contributed by atoms with Crippen LogP contribution >= 0.6 is 0 Å². The lowest BCUT2D eigenvalue weighted by atomic mass is 10.1. The Morgan fingerprint density at radius 3 is 1.66 bits per heavy atom. The summed E-state index contributed by atoms with van der Waals surface area (Å²) in [4.78, 5) is -2.22. The van der Waals surface area contributed by atoms with E-state index in [2.05, 4.69) is 36.0 Å². The van der Waals surface area contributed by atoms with Crippen molar-refractivity contribution in [3.05, 3.63) is 120 Å². The zero-order chi connectivity index (χ0) is 50.9. The van der Waals surface area contributed by atoms with Crippen LogP contribution < -0.4 is 10.1 Å². The number of rotatable bonds is 16. The first-order valence-corrected chi connectivity index (χ1v) is 26.1. The minimum atomic E-state index is -4.93. The molecule has 0 aliphatic heterocycles. The van der Waals surface area contributed by atoms with E-state index in [9.17, 15) is 62.1 Å². The van der Waals surface area contributed by atoms with Crippen LogP contribution in [0.5, 0.6) is 17.2 Å². The maximum atomic E-state index is 12.6. The maximum Gasteiger partial charge on any atom is 0.296 e. The number of azo groups is 3. The second kappa shape index (κ2) is 19.6. The largest absolute Gasteiger partial charge is 0.507 e. The molecule has 0 spiro atoms. The van der Waals surface area contributed by atoms with Gasteiger partial charge < -0.3 is 20.3 Å². The normalized spacial score (nSPS) is 12.8. The number of ether oxygens (including phenoxy) is 1. The van der Waals surface area contributed by atoms with Gasteiger partial charge in [0, 0.05) is 28.9 Å². The van der Waals surface area contributed by atoms with Crippen molar-refractivity contribution in [2.45, 2.75) is 41.9 Å². The van der Waals surface area contributed by atoms with E-state index < -0.39 is 78.1 Å². The first kappa shape index (κ1) is 50.6. The highest BCUT2D eigenvalue weighted by molar-refractivity contribution is 7.86. The number of anilines is 2. The molecule has 0 aliphatic rings. The van der Waals surface area contributed by atoms with Crippen LogP contribution in [0.15, 0.2) is 149 Å². The molecule has 0 saturated carbocycles. The fourth-order valence-corrected chi connectivity index (χ4v) is 9.13. The van der Waals surface area contributed by atoms with Gasteiger partial charge in [0.15, 0.2) is 5.75 Å². The molecule has 0 aliphatic carbocycles. The number of hydrogen-bond donors (Lipinski definition) is 7. The highest BCUT2D eigenvalue weighted by Crippen LogP contribution is 2.44. The SMILES string of the molecule is Cc1cc(N=Nc2c(S(=O)(=O)O)cc3cc(Nc4ccccc4)ccc3c2O)c(C)cc1N=Nc1cc(C)c(N=Nc2cc(S(=O)(=O)O)cc3cc(S(=O)(=O)O)cc(O)c23)cc1OCCCS(=O)(=O)O. The Balaban J connectivity index is 1.22. The van der Waals surface area contributed by atoms with Gasteiger partial charge in [0.1, 0.15) is 27.8 Å². The van der Waals surface area contributed by atoms with Crippen LogP contribution in [0.4, 0.5) is 45.5 Å².